The van der Waals surface area contributed by atoms with Crippen LogP contribution in [0.25, 0.3) is 0 Å². The first kappa shape index (κ1) is 18.3. The molecule has 0 spiro atoms. The van der Waals surface area contributed by atoms with Crippen molar-refractivity contribution in [1.82, 2.24) is 5.32 Å². The first-order chi connectivity index (χ1) is 9.01. The molecule has 0 saturated carbocycles. The van der Waals surface area contributed by atoms with Gasteiger partial charge in [-0.1, -0.05) is 0 Å². The SMILES string of the molecule is C[N+](C)(C)CC(CC(=O)O)NC(=O)CCC(N)C(=O)O. The number of quaternary nitrogens is 1. The van der Waals surface area contributed by atoms with Crippen molar-refractivity contribution in [2.45, 2.75) is 31.3 Å². The van der Waals surface area contributed by atoms with E-state index in [4.69, 9.17) is 15.9 Å². The first-order valence-corrected chi connectivity index (χ1v) is 6.31. The molecule has 0 aromatic rings. The molecule has 0 aliphatic carbocycles. The number of hydrogen-bond donors (Lipinski definition) is 4. The monoisotopic (exact) mass is 290 g/mol. The summed E-state index contributed by atoms with van der Waals surface area (Å²) >= 11 is 0. The zero-order valence-corrected chi connectivity index (χ0v) is 12.1. The number of carboxylic acids is 2. The molecule has 0 bridgehead atoms. The van der Waals surface area contributed by atoms with Crippen LogP contribution in [0.4, 0.5) is 0 Å². The molecule has 0 fully saturated rings. The lowest BCUT2D eigenvalue weighted by molar-refractivity contribution is -0.871. The van der Waals surface area contributed by atoms with E-state index in [2.05, 4.69) is 5.32 Å². The highest BCUT2D eigenvalue weighted by Gasteiger charge is 2.23. The molecule has 0 rings (SSSR count). The van der Waals surface area contributed by atoms with Crippen molar-refractivity contribution in [3.05, 3.63) is 0 Å². The fourth-order valence-corrected chi connectivity index (χ4v) is 1.74. The Kier molecular flexibility index (Phi) is 7.16. The van der Waals surface area contributed by atoms with Crippen molar-refractivity contribution < 1.29 is 29.1 Å². The van der Waals surface area contributed by atoms with Gasteiger partial charge in [-0.15, -0.1) is 0 Å². The molecule has 0 radical (unpaired) electrons. The lowest BCUT2D eigenvalue weighted by Gasteiger charge is -2.29. The van der Waals surface area contributed by atoms with Crippen molar-refractivity contribution in [3.63, 3.8) is 0 Å². The normalized spacial score (nSPS) is 14.4. The second kappa shape index (κ2) is 7.81. The van der Waals surface area contributed by atoms with Gasteiger partial charge in [0.1, 0.15) is 6.04 Å². The summed E-state index contributed by atoms with van der Waals surface area (Å²) in [4.78, 5) is 33.0. The Hall–Kier alpha value is -1.67. The third-order valence-electron chi connectivity index (χ3n) is 2.55. The van der Waals surface area contributed by atoms with Gasteiger partial charge < -0.3 is 25.7 Å². The number of nitrogens with one attached hydrogen (secondary N) is 1. The van der Waals surface area contributed by atoms with Gasteiger partial charge in [0.15, 0.2) is 0 Å². The van der Waals surface area contributed by atoms with Crippen LogP contribution in [0.2, 0.25) is 0 Å². The number of carbonyl (C=O) groups is 3. The number of amides is 1. The van der Waals surface area contributed by atoms with E-state index in [1.165, 1.54) is 0 Å². The van der Waals surface area contributed by atoms with Crippen LogP contribution in [-0.2, 0) is 14.4 Å². The minimum Gasteiger partial charge on any atom is -0.481 e. The predicted octanol–water partition coefficient (Wildman–Crippen LogP) is -1.16. The summed E-state index contributed by atoms with van der Waals surface area (Å²) in [5.74, 6) is -2.54. The van der Waals surface area contributed by atoms with Crippen molar-refractivity contribution in [2.24, 2.45) is 5.73 Å². The average Bonchev–Trinajstić information content (AvgIpc) is 2.21. The summed E-state index contributed by atoms with van der Waals surface area (Å²) in [5.41, 5.74) is 5.30. The molecule has 0 heterocycles. The smallest absolute Gasteiger partial charge is 0.320 e. The molecule has 2 atom stereocenters. The van der Waals surface area contributed by atoms with E-state index in [1.807, 2.05) is 21.1 Å². The van der Waals surface area contributed by atoms with Crippen LogP contribution in [0.3, 0.4) is 0 Å². The van der Waals surface area contributed by atoms with E-state index in [0.717, 1.165) is 0 Å². The van der Waals surface area contributed by atoms with Gasteiger partial charge in [0.05, 0.1) is 40.2 Å². The van der Waals surface area contributed by atoms with Crippen LogP contribution in [0, 0.1) is 0 Å². The van der Waals surface area contributed by atoms with Gasteiger partial charge in [0.25, 0.3) is 0 Å². The van der Waals surface area contributed by atoms with E-state index in [9.17, 15) is 14.4 Å². The van der Waals surface area contributed by atoms with Gasteiger partial charge in [-0.3, -0.25) is 14.4 Å². The highest BCUT2D eigenvalue weighted by atomic mass is 16.4. The minimum absolute atomic E-state index is 0.0192. The van der Waals surface area contributed by atoms with E-state index >= 15 is 0 Å². The number of nitrogens with two attached hydrogens (primary N) is 1. The maximum atomic E-state index is 11.7. The molecular weight excluding hydrogens is 266 g/mol. The summed E-state index contributed by atoms with van der Waals surface area (Å²) in [5, 5.41) is 20.1. The molecule has 0 saturated heterocycles. The molecule has 2 unspecified atom stereocenters. The Morgan fingerprint density at radius 2 is 1.75 bits per heavy atom. The zero-order chi connectivity index (χ0) is 15.9. The molecule has 1 amide bonds. The van der Waals surface area contributed by atoms with Crippen LogP contribution >= 0.6 is 0 Å². The van der Waals surface area contributed by atoms with E-state index in [1.54, 1.807) is 0 Å². The van der Waals surface area contributed by atoms with Gasteiger partial charge in [0, 0.05) is 6.42 Å². The fraction of sp³-hybridized carbons (Fsp3) is 0.750. The number of rotatable bonds is 9. The van der Waals surface area contributed by atoms with Gasteiger partial charge >= 0.3 is 11.9 Å². The second-order valence-corrected chi connectivity index (χ2v) is 5.82. The Balaban J connectivity index is 4.38. The highest BCUT2D eigenvalue weighted by Crippen LogP contribution is 2.02. The third-order valence-corrected chi connectivity index (χ3v) is 2.55. The molecule has 8 heteroatoms. The summed E-state index contributed by atoms with van der Waals surface area (Å²) in [6.07, 6.45) is -0.196. The third kappa shape index (κ3) is 9.29. The van der Waals surface area contributed by atoms with Gasteiger partial charge in [0.2, 0.25) is 5.91 Å². The number of likely N-dealkylation sites (N-methyl/N-ethyl adjacent to an activating group) is 1. The quantitative estimate of drug-likeness (QED) is 0.396. The zero-order valence-electron chi connectivity index (χ0n) is 12.1. The van der Waals surface area contributed by atoms with Crippen LogP contribution in [0.1, 0.15) is 19.3 Å². The lowest BCUT2D eigenvalue weighted by Crippen LogP contribution is -2.49. The number of carbonyl (C=O) groups excluding carboxylic acids is 1. The molecule has 0 aliphatic heterocycles. The molecule has 0 aliphatic rings. The first-order valence-electron chi connectivity index (χ1n) is 6.31. The topological polar surface area (TPSA) is 130 Å². The number of hydrogen-bond acceptors (Lipinski definition) is 4. The number of nitrogens with zero attached hydrogens (tertiary/aromatic N) is 1. The average molecular weight is 290 g/mol. The van der Waals surface area contributed by atoms with E-state index in [-0.39, 0.29) is 25.2 Å². The summed E-state index contributed by atoms with van der Waals surface area (Å²) < 4.78 is 0.507. The summed E-state index contributed by atoms with van der Waals surface area (Å²) in [6.45, 7) is 0.461. The van der Waals surface area contributed by atoms with Crippen molar-refractivity contribution in [1.29, 1.82) is 0 Å². The van der Waals surface area contributed by atoms with Crippen molar-refractivity contribution in [3.8, 4) is 0 Å². The number of carboxylic acid groups (broad SMARTS) is 2. The Morgan fingerprint density at radius 3 is 2.15 bits per heavy atom. The Bertz CT molecular complexity index is 365. The van der Waals surface area contributed by atoms with Gasteiger partial charge in [-0.05, 0) is 6.42 Å². The highest BCUT2D eigenvalue weighted by molar-refractivity contribution is 5.79. The van der Waals surface area contributed by atoms with Gasteiger partial charge in [-0.25, -0.2) is 0 Å². The molecule has 8 nitrogen and oxygen atoms in total. The van der Waals surface area contributed by atoms with Crippen LogP contribution in [0.15, 0.2) is 0 Å². The molecule has 20 heavy (non-hydrogen) atoms. The van der Waals surface area contributed by atoms with E-state index < -0.39 is 24.0 Å². The van der Waals surface area contributed by atoms with Crippen molar-refractivity contribution >= 4 is 17.8 Å². The molecule has 0 aromatic heterocycles. The maximum absolute atomic E-state index is 11.7. The fourth-order valence-electron chi connectivity index (χ4n) is 1.74. The minimum atomic E-state index is -1.16. The standard InChI is InChI=1S/C12H23N3O5/c1-15(2,3)7-8(6-11(17)18)14-10(16)5-4-9(13)12(19)20/h8-9H,4-7,13H2,1-3H3,(H2-,14,16,17,18,19,20)/p+1. The second-order valence-electron chi connectivity index (χ2n) is 5.82. The lowest BCUT2D eigenvalue weighted by atomic mass is 10.1. The summed E-state index contributed by atoms with van der Waals surface area (Å²) in [7, 11) is 5.67. The predicted molar refractivity (Wildman–Crippen MR) is 71.9 cm³/mol. The molecule has 5 N–H and O–H groups in total. The summed E-state index contributed by atoms with van der Waals surface area (Å²) in [6, 6.07) is -1.59. The Labute approximate surface area is 118 Å². The van der Waals surface area contributed by atoms with Gasteiger partial charge in [-0.2, -0.15) is 0 Å². The van der Waals surface area contributed by atoms with E-state index in [0.29, 0.717) is 11.0 Å². The number of aliphatic carboxylic acids is 2. The van der Waals surface area contributed by atoms with Crippen LogP contribution in [-0.4, -0.2) is 72.3 Å². The molecule has 0 aromatic carbocycles. The molecule has 116 valence electrons. The molecular formula is C12H24N3O5+. The van der Waals surface area contributed by atoms with Crippen molar-refractivity contribution in [2.75, 3.05) is 27.7 Å². The van der Waals surface area contributed by atoms with Crippen LogP contribution < -0.4 is 11.1 Å². The largest absolute Gasteiger partial charge is 0.481 e. The van der Waals surface area contributed by atoms with Crippen LogP contribution in [0.5, 0.6) is 0 Å². The maximum Gasteiger partial charge on any atom is 0.320 e. The Morgan fingerprint density at radius 1 is 1.20 bits per heavy atom.